The normalized spacial score (nSPS) is 16.8. The van der Waals surface area contributed by atoms with Crippen molar-refractivity contribution in [2.24, 2.45) is 0 Å². The van der Waals surface area contributed by atoms with Gasteiger partial charge in [0.1, 0.15) is 5.69 Å². The summed E-state index contributed by atoms with van der Waals surface area (Å²) in [5.41, 5.74) is 1.29. The maximum Gasteiger partial charge on any atom is 0.295 e. The van der Waals surface area contributed by atoms with E-state index in [1.54, 1.807) is 12.1 Å². The summed E-state index contributed by atoms with van der Waals surface area (Å²) in [4.78, 5) is 22.0. The maximum absolute atomic E-state index is 11.4. The molecule has 1 atom stereocenters. The molecule has 0 aliphatic carbocycles. The summed E-state index contributed by atoms with van der Waals surface area (Å²) in [6.45, 7) is 5.69. The van der Waals surface area contributed by atoms with Crippen LogP contribution in [0.5, 0.6) is 0 Å². The largest absolute Gasteiger partial charge is 0.381 e. The summed E-state index contributed by atoms with van der Waals surface area (Å²) >= 11 is 0. The van der Waals surface area contributed by atoms with Gasteiger partial charge in [0.2, 0.25) is 0 Å². The number of nitrogens with one attached hydrogen (secondary N) is 2. The molecule has 0 unspecified atom stereocenters. The summed E-state index contributed by atoms with van der Waals surface area (Å²) in [5.74, 6) is -0.194. The van der Waals surface area contributed by atoms with Crippen LogP contribution in [0.4, 0.5) is 17.1 Å². The minimum absolute atomic E-state index is 0.0619. The molecule has 1 aliphatic rings. The first-order valence-corrected chi connectivity index (χ1v) is 5.97. The van der Waals surface area contributed by atoms with E-state index in [9.17, 15) is 14.9 Å². The number of ketones is 1. The molecule has 1 heterocycles. The highest BCUT2D eigenvalue weighted by atomic mass is 16.6. The number of nitro groups is 1. The van der Waals surface area contributed by atoms with E-state index < -0.39 is 4.92 Å². The molecule has 1 aliphatic heterocycles. The molecule has 0 fully saturated rings. The number of nitro benzene ring substituents is 1. The maximum atomic E-state index is 11.4. The molecule has 6 nitrogen and oxygen atoms in total. The van der Waals surface area contributed by atoms with Crippen molar-refractivity contribution in [1.82, 2.24) is 0 Å². The fourth-order valence-electron chi connectivity index (χ4n) is 2.10. The van der Waals surface area contributed by atoms with Crippen LogP contribution in [-0.2, 0) is 0 Å². The predicted molar refractivity (Wildman–Crippen MR) is 73.8 cm³/mol. The molecular formula is C13H15N3O3. The van der Waals surface area contributed by atoms with Crippen molar-refractivity contribution < 1.29 is 9.72 Å². The van der Waals surface area contributed by atoms with Gasteiger partial charge in [-0.3, -0.25) is 14.9 Å². The molecule has 0 bridgehead atoms. The second-order valence-corrected chi connectivity index (χ2v) is 4.48. The van der Waals surface area contributed by atoms with Gasteiger partial charge in [0, 0.05) is 24.2 Å². The number of anilines is 2. The van der Waals surface area contributed by atoms with Crippen LogP contribution in [0.15, 0.2) is 24.8 Å². The lowest BCUT2D eigenvalue weighted by molar-refractivity contribution is -0.383. The van der Waals surface area contributed by atoms with Gasteiger partial charge in [-0.25, -0.2) is 0 Å². The summed E-state index contributed by atoms with van der Waals surface area (Å²) < 4.78 is 0. The van der Waals surface area contributed by atoms with Crippen molar-refractivity contribution >= 4 is 22.8 Å². The van der Waals surface area contributed by atoms with E-state index in [0.717, 1.165) is 0 Å². The zero-order chi connectivity index (χ0) is 14.0. The minimum atomic E-state index is -0.476. The Morgan fingerprint density at radius 1 is 1.63 bits per heavy atom. The monoisotopic (exact) mass is 261 g/mol. The van der Waals surface area contributed by atoms with E-state index in [1.807, 2.05) is 0 Å². The van der Waals surface area contributed by atoms with Crippen LogP contribution < -0.4 is 10.6 Å². The lowest BCUT2D eigenvalue weighted by Crippen LogP contribution is -2.33. The Kier molecular flexibility index (Phi) is 3.50. The number of rotatable bonds is 4. The molecule has 0 saturated carbocycles. The van der Waals surface area contributed by atoms with Gasteiger partial charge in [-0.15, -0.1) is 6.58 Å². The zero-order valence-corrected chi connectivity index (χ0v) is 10.6. The van der Waals surface area contributed by atoms with E-state index in [0.29, 0.717) is 29.9 Å². The van der Waals surface area contributed by atoms with Gasteiger partial charge >= 0.3 is 0 Å². The number of Topliss-reactive ketones (excluding diaryl/α,β-unsaturated/α-hetero) is 1. The molecule has 1 aromatic rings. The molecule has 6 heteroatoms. The Morgan fingerprint density at radius 2 is 2.37 bits per heavy atom. The molecule has 100 valence electrons. The quantitative estimate of drug-likeness (QED) is 0.376. The van der Waals surface area contributed by atoms with Crippen LogP contribution in [0, 0.1) is 10.1 Å². The van der Waals surface area contributed by atoms with Crippen molar-refractivity contribution in [2.75, 3.05) is 17.2 Å². The Labute approximate surface area is 110 Å². The van der Waals surface area contributed by atoms with Crippen molar-refractivity contribution in [3.63, 3.8) is 0 Å². The molecule has 19 heavy (non-hydrogen) atoms. The van der Waals surface area contributed by atoms with Crippen LogP contribution in [-0.4, -0.2) is 23.3 Å². The van der Waals surface area contributed by atoms with Gasteiger partial charge in [0.15, 0.2) is 5.78 Å². The highest BCUT2D eigenvalue weighted by molar-refractivity contribution is 5.98. The average molecular weight is 261 g/mol. The highest BCUT2D eigenvalue weighted by Gasteiger charge is 2.26. The Bertz CT molecular complexity index is 554. The first-order valence-electron chi connectivity index (χ1n) is 5.97. The molecule has 0 spiro atoms. The molecule has 0 saturated heterocycles. The number of carbonyl (C=O) groups excluding carboxylic acids is 1. The second-order valence-electron chi connectivity index (χ2n) is 4.48. The first-order chi connectivity index (χ1) is 9.02. The zero-order valence-electron chi connectivity index (χ0n) is 10.6. The van der Waals surface area contributed by atoms with Crippen molar-refractivity contribution in [2.45, 2.75) is 19.4 Å². The van der Waals surface area contributed by atoms with Crippen LogP contribution in [0.1, 0.15) is 23.7 Å². The van der Waals surface area contributed by atoms with Gasteiger partial charge in [-0.1, -0.05) is 6.08 Å². The van der Waals surface area contributed by atoms with Gasteiger partial charge < -0.3 is 10.6 Å². The molecule has 0 aromatic heterocycles. The fourth-order valence-corrected chi connectivity index (χ4v) is 2.10. The average Bonchev–Trinajstić information content (AvgIpc) is 2.37. The number of hydrogen-bond acceptors (Lipinski definition) is 5. The summed E-state index contributed by atoms with van der Waals surface area (Å²) in [6.07, 6.45) is 2.47. The standard InChI is InChI=1S/C13H15N3O3/c1-3-4-10-7-14-11-5-9(8(2)17)6-12(16(18)19)13(11)15-10/h3,5-6,10,14-15H,1,4,7H2,2H3/t10-/m0/s1. The van der Waals surface area contributed by atoms with Crippen LogP contribution >= 0.6 is 0 Å². The summed E-state index contributed by atoms with van der Waals surface area (Å²) in [6, 6.07) is 3.01. The molecule has 2 N–H and O–H groups in total. The lowest BCUT2D eigenvalue weighted by Gasteiger charge is -2.27. The number of benzene rings is 1. The highest BCUT2D eigenvalue weighted by Crippen LogP contribution is 2.37. The van der Waals surface area contributed by atoms with Crippen molar-refractivity contribution in [1.29, 1.82) is 0 Å². The van der Waals surface area contributed by atoms with Gasteiger partial charge in [0.05, 0.1) is 10.6 Å². The number of carbonyl (C=O) groups is 1. The van der Waals surface area contributed by atoms with E-state index in [-0.39, 0.29) is 17.5 Å². The van der Waals surface area contributed by atoms with Crippen LogP contribution in [0.3, 0.4) is 0 Å². The number of fused-ring (bicyclic) bond motifs is 1. The third-order valence-electron chi connectivity index (χ3n) is 3.06. The third kappa shape index (κ3) is 2.57. The Hall–Kier alpha value is -2.37. The molecule has 0 radical (unpaired) electrons. The van der Waals surface area contributed by atoms with Gasteiger partial charge in [-0.2, -0.15) is 0 Å². The van der Waals surface area contributed by atoms with Crippen LogP contribution in [0.2, 0.25) is 0 Å². The fraction of sp³-hybridized carbons (Fsp3) is 0.308. The first kappa shape index (κ1) is 13.1. The van der Waals surface area contributed by atoms with Crippen molar-refractivity contribution in [3.05, 3.63) is 40.5 Å². The molecular weight excluding hydrogens is 246 g/mol. The second kappa shape index (κ2) is 5.09. The van der Waals surface area contributed by atoms with E-state index >= 15 is 0 Å². The topological polar surface area (TPSA) is 84.3 Å². The van der Waals surface area contributed by atoms with E-state index in [1.165, 1.54) is 13.0 Å². The molecule has 1 aromatic carbocycles. The van der Waals surface area contributed by atoms with E-state index in [4.69, 9.17) is 0 Å². The summed E-state index contributed by atoms with van der Waals surface area (Å²) in [5, 5.41) is 17.4. The lowest BCUT2D eigenvalue weighted by atomic mass is 10.0. The van der Waals surface area contributed by atoms with E-state index in [2.05, 4.69) is 17.2 Å². The smallest absolute Gasteiger partial charge is 0.295 e. The molecule has 2 rings (SSSR count). The minimum Gasteiger partial charge on any atom is -0.381 e. The van der Waals surface area contributed by atoms with Crippen LogP contribution in [0.25, 0.3) is 0 Å². The third-order valence-corrected chi connectivity index (χ3v) is 3.06. The number of hydrogen-bond donors (Lipinski definition) is 2. The number of nitrogens with zero attached hydrogens (tertiary/aromatic N) is 1. The predicted octanol–water partition coefficient (Wildman–Crippen LogP) is 2.58. The van der Waals surface area contributed by atoms with Gasteiger partial charge in [-0.05, 0) is 19.4 Å². The summed E-state index contributed by atoms with van der Waals surface area (Å²) in [7, 11) is 0. The van der Waals surface area contributed by atoms with Gasteiger partial charge in [0.25, 0.3) is 5.69 Å². The SMILES string of the molecule is C=CC[C@H]1CNc2cc(C(C)=O)cc([N+](=O)[O-])c2N1. The van der Waals surface area contributed by atoms with Crippen molar-refractivity contribution in [3.8, 4) is 0 Å². The molecule has 0 amide bonds. The Balaban J connectivity index is 2.47. The Morgan fingerprint density at radius 3 is 2.95 bits per heavy atom.